The maximum atomic E-state index is 13.0. The first kappa shape index (κ1) is 26.3. The summed E-state index contributed by atoms with van der Waals surface area (Å²) >= 11 is 0. The summed E-state index contributed by atoms with van der Waals surface area (Å²) in [6.07, 6.45) is 0.526. The van der Waals surface area contributed by atoms with Crippen LogP contribution in [0.3, 0.4) is 0 Å². The molecular formula is C21H31N5O6S. The van der Waals surface area contributed by atoms with Crippen LogP contribution in [0.2, 0.25) is 0 Å². The van der Waals surface area contributed by atoms with Crippen LogP contribution >= 0.6 is 0 Å². The fourth-order valence-electron chi connectivity index (χ4n) is 2.94. The van der Waals surface area contributed by atoms with Crippen molar-refractivity contribution in [3.8, 4) is 11.6 Å². The van der Waals surface area contributed by atoms with Crippen LogP contribution < -0.4 is 14.8 Å². The number of sulfonamides is 1. The van der Waals surface area contributed by atoms with Crippen molar-refractivity contribution >= 4 is 21.6 Å². The monoisotopic (exact) mass is 481 g/mol. The molecule has 1 amide bonds. The number of nitrogens with zero attached hydrogens (tertiary/aromatic N) is 3. The van der Waals surface area contributed by atoms with Crippen LogP contribution in [0.15, 0.2) is 23.1 Å². The van der Waals surface area contributed by atoms with Gasteiger partial charge in [0.25, 0.3) is 11.6 Å². The summed E-state index contributed by atoms with van der Waals surface area (Å²) in [6.45, 7) is 12.5. The molecule has 0 aliphatic carbocycles. The maximum Gasteiger partial charge on any atom is 0.272 e. The van der Waals surface area contributed by atoms with Crippen molar-refractivity contribution in [1.29, 1.82) is 0 Å². The minimum atomic E-state index is -4.14. The highest BCUT2D eigenvalue weighted by Gasteiger charge is 2.28. The average Bonchev–Trinajstić information content (AvgIpc) is 3.03. The van der Waals surface area contributed by atoms with Crippen molar-refractivity contribution in [3.63, 3.8) is 0 Å². The third-order valence-corrected chi connectivity index (χ3v) is 6.43. The molecule has 33 heavy (non-hydrogen) atoms. The predicted molar refractivity (Wildman–Crippen MR) is 123 cm³/mol. The lowest BCUT2D eigenvalue weighted by Crippen LogP contribution is -2.32. The van der Waals surface area contributed by atoms with E-state index in [1.807, 2.05) is 34.6 Å². The fraction of sp³-hybridized carbons (Fsp3) is 0.524. The smallest absolute Gasteiger partial charge is 0.272 e. The third-order valence-electron chi connectivity index (χ3n) is 4.82. The van der Waals surface area contributed by atoms with Gasteiger partial charge in [0, 0.05) is 29.8 Å². The lowest BCUT2D eigenvalue weighted by Gasteiger charge is -2.17. The Labute approximate surface area is 193 Å². The summed E-state index contributed by atoms with van der Waals surface area (Å²) in [5, 5.41) is 18.4. The second-order valence-electron chi connectivity index (χ2n) is 8.37. The summed E-state index contributed by atoms with van der Waals surface area (Å²) in [5.41, 5.74) is 0.174. The van der Waals surface area contributed by atoms with Crippen LogP contribution in [0.25, 0.3) is 0 Å². The van der Waals surface area contributed by atoms with Gasteiger partial charge in [-0.15, -0.1) is 0 Å². The minimum absolute atomic E-state index is 0.108. The molecule has 0 bridgehead atoms. The molecule has 0 spiro atoms. The van der Waals surface area contributed by atoms with Crippen molar-refractivity contribution in [1.82, 2.24) is 19.8 Å². The van der Waals surface area contributed by atoms with Gasteiger partial charge >= 0.3 is 0 Å². The molecule has 12 heteroatoms. The molecular weight excluding hydrogens is 450 g/mol. The van der Waals surface area contributed by atoms with Crippen LogP contribution in [0.5, 0.6) is 11.6 Å². The number of carbonyl (C=O) groups excluding carboxylic acids is 1. The zero-order chi connectivity index (χ0) is 25.1. The number of non-ortho nitro benzene ring substituents is 1. The van der Waals surface area contributed by atoms with Crippen molar-refractivity contribution in [2.45, 2.75) is 77.9 Å². The number of ether oxygens (including phenoxy) is 1. The Morgan fingerprint density at radius 2 is 1.88 bits per heavy atom. The van der Waals surface area contributed by atoms with E-state index >= 15 is 0 Å². The normalized spacial score (nSPS) is 12.8. The number of nitrogens with one attached hydrogen (secondary N) is 2. The molecule has 1 heterocycles. The van der Waals surface area contributed by atoms with Gasteiger partial charge in [-0.3, -0.25) is 14.9 Å². The molecule has 0 unspecified atom stereocenters. The van der Waals surface area contributed by atoms with Crippen LogP contribution in [0.1, 0.15) is 70.1 Å². The summed E-state index contributed by atoms with van der Waals surface area (Å²) in [5.74, 6) is -0.327. The van der Waals surface area contributed by atoms with Gasteiger partial charge in [0.1, 0.15) is 10.6 Å². The molecule has 0 radical (unpaired) electrons. The SMILES string of the molecule is CC[C@@H](C)NS(=O)(=O)c1cc([N+](=O)[O-])ccc1Oc1c(C)c(C(=O)NC(C)C)nn1C(C)C. The van der Waals surface area contributed by atoms with Crippen molar-refractivity contribution in [3.05, 3.63) is 39.6 Å². The quantitative estimate of drug-likeness (QED) is 0.389. The van der Waals surface area contributed by atoms with E-state index in [4.69, 9.17) is 4.74 Å². The Balaban J connectivity index is 2.64. The van der Waals surface area contributed by atoms with Gasteiger partial charge in [-0.2, -0.15) is 5.10 Å². The first-order chi connectivity index (χ1) is 15.3. The molecule has 11 nitrogen and oxygen atoms in total. The van der Waals surface area contributed by atoms with Crippen molar-refractivity contribution in [2.24, 2.45) is 0 Å². The largest absolute Gasteiger partial charge is 0.438 e. The Morgan fingerprint density at radius 1 is 1.24 bits per heavy atom. The zero-order valence-electron chi connectivity index (χ0n) is 19.9. The van der Waals surface area contributed by atoms with E-state index in [0.717, 1.165) is 12.1 Å². The molecule has 1 aromatic carbocycles. The molecule has 1 aromatic heterocycles. The van der Waals surface area contributed by atoms with E-state index in [-0.39, 0.29) is 40.2 Å². The van der Waals surface area contributed by atoms with Crippen LogP contribution in [-0.4, -0.2) is 41.1 Å². The average molecular weight is 482 g/mol. The number of benzene rings is 1. The Hall–Kier alpha value is -2.99. The molecule has 2 aromatic rings. The summed E-state index contributed by atoms with van der Waals surface area (Å²) < 4.78 is 36.0. The predicted octanol–water partition coefficient (Wildman–Crippen LogP) is 3.69. The topological polar surface area (TPSA) is 145 Å². The fourth-order valence-corrected chi connectivity index (χ4v) is 4.42. The Bertz CT molecular complexity index is 1140. The lowest BCUT2D eigenvalue weighted by molar-refractivity contribution is -0.385. The van der Waals surface area contributed by atoms with Gasteiger partial charge in [0.15, 0.2) is 5.69 Å². The van der Waals surface area contributed by atoms with Gasteiger partial charge in [-0.25, -0.2) is 17.8 Å². The second kappa shape index (κ2) is 10.3. The molecule has 2 rings (SSSR count). The van der Waals surface area contributed by atoms with Gasteiger partial charge < -0.3 is 10.1 Å². The summed E-state index contributed by atoms with van der Waals surface area (Å²) in [4.78, 5) is 22.8. The first-order valence-corrected chi connectivity index (χ1v) is 12.1. The molecule has 2 N–H and O–H groups in total. The van der Waals surface area contributed by atoms with Gasteiger partial charge in [0.05, 0.1) is 11.0 Å². The number of aromatic nitrogens is 2. The number of nitro groups is 1. The highest BCUT2D eigenvalue weighted by Crippen LogP contribution is 2.35. The summed E-state index contributed by atoms with van der Waals surface area (Å²) in [6, 6.07) is 2.64. The lowest BCUT2D eigenvalue weighted by atomic mass is 10.2. The Morgan fingerprint density at radius 3 is 2.39 bits per heavy atom. The number of rotatable bonds is 10. The van der Waals surface area contributed by atoms with Crippen molar-refractivity contribution in [2.75, 3.05) is 0 Å². The number of hydrogen-bond acceptors (Lipinski definition) is 7. The molecule has 0 aliphatic rings. The Kier molecular flexibility index (Phi) is 8.20. The number of carbonyl (C=O) groups is 1. The molecule has 0 aliphatic heterocycles. The third kappa shape index (κ3) is 6.08. The van der Waals surface area contributed by atoms with Crippen LogP contribution in [0.4, 0.5) is 5.69 Å². The molecule has 0 saturated carbocycles. The molecule has 0 saturated heterocycles. The van der Waals surface area contributed by atoms with E-state index in [2.05, 4.69) is 15.1 Å². The first-order valence-electron chi connectivity index (χ1n) is 10.7. The van der Waals surface area contributed by atoms with Gasteiger partial charge in [0.2, 0.25) is 15.9 Å². The zero-order valence-corrected chi connectivity index (χ0v) is 20.7. The minimum Gasteiger partial charge on any atom is -0.438 e. The van der Waals surface area contributed by atoms with E-state index < -0.39 is 26.7 Å². The molecule has 1 atom stereocenters. The van der Waals surface area contributed by atoms with Crippen molar-refractivity contribution < 1.29 is 22.9 Å². The number of nitro benzene ring substituents is 1. The van der Waals surface area contributed by atoms with E-state index in [9.17, 15) is 23.3 Å². The number of amides is 1. The van der Waals surface area contributed by atoms with E-state index in [0.29, 0.717) is 12.0 Å². The van der Waals surface area contributed by atoms with Gasteiger partial charge in [-0.1, -0.05) is 6.92 Å². The van der Waals surface area contributed by atoms with E-state index in [1.165, 1.54) is 10.7 Å². The standard InChI is InChI=1S/C21H31N5O6S/c1-8-14(6)24-33(30,31)18-11-16(26(28)29)9-10-17(18)32-21-15(7)19(20(27)22-12(2)3)23-25(21)13(4)5/h9-14,24H,8H2,1-7H3,(H,22,27)/t14-/m1/s1. The summed E-state index contributed by atoms with van der Waals surface area (Å²) in [7, 11) is -4.14. The molecule has 0 fully saturated rings. The highest BCUT2D eigenvalue weighted by molar-refractivity contribution is 7.89. The second-order valence-corrected chi connectivity index (χ2v) is 10.0. The van der Waals surface area contributed by atoms with Gasteiger partial charge in [-0.05, 0) is 54.0 Å². The highest BCUT2D eigenvalue weighted by atomic mass is 32.2. The van der Waals surface area contributed by atoms with E-state index in [1.54, 1.807) is 13.8 Å². The maximum absolute atomic E-state index is 13.0. The van der Waals surface area contributed by atoms with Crippen LogP contribution in [0, 0.1) is 17.0 Å². The van der Waals surface area contributed by atoms with Crippen LogP contribution in [-0.2, 0) is 10.0 Å². The molecule has 182 valence electrons. The number of hydrogen-bond donors (Lipinski definition) is 2.